The Morgan fingerprint density at radius 3 is 2.82 bits per heavy atom. The summed E-state index contributed by atoms with van der Waals surface area (Å²) in [5, 5.41) is 3.17. The molecule has 2 aromatic rings. The van der Waals surface area contributed by atoms with Crippen molar-refractivity contribution in [1.29, 1.82) is 0 Å². The molecule has 3 nitrogen and oxygen atoms in total. The van der Waals surface area contributed by atoms with Gasteiger partial charge in [-0.1, -0.05) is 0 Å². The number of anilines is 2. The second-order valence-electron chi connectivity index (χ2n) is 4.00. The van der Waals surface area contributed by atoms with Gasteiger partial charge in [0.1, 0.15) is 5.82 Å². The summed E-state index contributed by atoms with van der Waals surface area (Å²) in [7, 11) is 0. The van der Waals surface area contributed by atoms with Crippen LogP contribution in [-0.4, -0.2) is 9.55 Å². The van der Waals surface area contributed by atoms with Crippen molar-refractivity contribution in [2.24, 2.45) is 0 Å². The van der Waals surface area contributed by atoms with Gasteiger partial charge in [-0.15, -0.1) is 0 Å². The number of hydrogen-bond donors (Lipinski definition) is 1. The van der Waals surface area contributed by atoms with Crippen LogP contribution in [0.1, 0.15) is 19.9 Å². The fourth-order valence-electron chi connectivity index (χ4n) is 1.54. The fraction of sp³-hybridized carbons (Fsp3) is 0.250. The van der Waals surface area contributed by atoms with E-state index in [1.54, 1.807) is 12.3 Å². The van der Waals surface area contributed by atoms with E-state index in [1.165, 1.54) is 12.1 Å². The van der Waals surface area contributed by atoms with E-state index in [0.29, 0.717) is 10.5 Å². The summed E-state index contributed by atoms with van der Waals surface area (Å²) in [6, 6.07) is 4.83. The first-order chi connectivity index (χ1) is 8.08. The van der Waals surface area contributed by atoms with E-state index in [2.05, 4.69) is 40.1 Å². The maximum atomic E-state index is 13.0. The summed E-state index contributed by atoms with van der Waals surface area (Å²) >= 11 is 3.31. The van der Waals surface area contributed by atoms with Crippen molar-refractivity contribution >= 4 is 27.6 Å². The van der Waals surface area contributed by atoms with Gasteiger partial charge in [0.25, 0.3) is 0 Å². The zero-order valence-electron chi connectivity index (χ0n) is 9.61. The first-order valence-electron chi connectivity index (χ1n) is 5.33. The van der Waals surface area contributed by atoms with Crippen LogP contribution in [-0.2, 0) is 0 Å². The molecule has 1 aromatic carbocycles. The van der Waals surface area contributed by atoms with Crippen molar-refractivity contribution in [2.75, 3.05) is 5.32 Å². The van der Waals surface area contributed by atoms with Crippen molar-refractivity contribution in [3.8, 4) is 0 Å². The molecule has 1 aromatic heterocycles. The monoisotopic (exact) mass is 297 g/mol. The van der Waals surface area contributed by atoms with Crippen LogP contribution >= 0.6 is 15.9 Å². The second kappa shape index (κ2) is 4.87. The fourth-order valence-corrected chi connectivity index (χ4v) is 1.99. The van der Waals surface area contributed by atoms with Crippen LogP contribution in [0.2, 0.25) is 0 Å². The van der Waals surface area contributed by atoms with Crippen LogP contribution in [0.3, 0.4) is 0 Å². The van der Waals surface area contributed by atoms with Gasteiger partial charge in [0.15, 0.2) is 0 Å². The van der Waals surface area contributed by atoms with E-state index in [1.807, 2.05) is 10.8 Å². The number of imidazole rings is 1. The van der Waals surface area contributed by atoms with Gasteiger partial charge in [-0.05, 0) is 48.0 Å². The quantitative estimate of drug-likeness (QED) is 0.924. The van der Waals surface area contributed by atoms with Gasteiger partial charge in [0.2, 0.25) is 5.95 Å². The Labute approximate surface area is 108 Å². The first-order valence-corrected chi connectivity index (χ1v) is 6.12. The van der Waals surface area contributed by atoms with E-state index < -0.39 is 0 Å². The molecule has 0 saturated heterocycles. The molecule has 5 heteroatoms. The minimum absolute atomic E-state index is 0.269. The summed E-state index contributed by atoms with van der Waals surface area (Å²) < 4.78 is 15.6. The topological polar surface area (TPSA) is 29.9 Å². The van der Waals surface area contributed by atoms with E-state index in [4.69, 9.17) is 0 Å². The molecular formula is C12H13BrFN3. The van der Waals surface area contributed by atoms with Crippen LogP contribution < -0.4 is 5.32 Å². The summed E-state index contributed by atoms with van der Waals surface area (Å²) in [5.41, 5.74) is 0.791. The van der Waals surface area contributed by atoms with Crippen LogP contribution in [0.4, 0.5) is 16.0 Å². The predicted molar refractivity (Wildman–Crippen MR) is 70.0 cm³/mol. The standard InChI is InChI=1S/C12H13BrFN3/c1-8(2)17-6-5-15-12(17)16-11-4-3-9(14)7-10(11)13/h3-8H,1-2H3,(H,15,16). The third-order valence-electron chi connectivity index (χ3n) is 2.40. The highest BCUT2D eigenvalue weighted by Crippen LogP contribution is 2.26. The number of nitrogens with zero attached hydrogens (tertiary/aromatic N) is 2. The number of aromatic nitrogens is 2. The molecule has 0 saturated carbocycles. The van der Waals surface area contributed by atoms with Gasteiger partial charge in [0, 0.05) is 22.9 Å². The Kier molecular flexibility index (Phi) is 3.47. The molecule has 0 aliphatic rings. The molecule has 0 unspecified atom stereocenters. The van der Waals surface area contributed by atoms with E-state index in [0.717, 1.165) is 11.6 Å². The van der Waals surface area contributed by atoms with Crippen molar-refractivity contribution < 1.29 is 4.39 Å². The largest absolute Gasteiger partial charge is 0.325 e. The molecule has 2 rings (SSSR count). The lowest BCUT2D eigenvalue weighted by Crippen LogP contribution is -2.05. The van der Waals surface area contributed by atoms with Gasteiger partial charge in [-0.25, -0.2) is 9.37 Å². The van der Waals surface area contributed by atoms with Crippen molar-refractivity contribution in [2.45, 2.75) is 19.9 Å². The van der Waals surface area contributed by atoms with Crippen LogP contribution in [0, 0.1) is 5.82 Å². The lowest BCUT2D eigenvalue weighted by molar-refractivity contribution is 0.607. The van der Waals surface area contributed by atoms with E-state index in [-0.39, 0.29) is 5.82 Å². The van der Waals surface area contributed by atoms with Crippen molar-refractivity contribution in [3.63, 3.8) is 0 Å². The molecule has 0 bridgehead atoms. The first kappa shape index (κ1) is 12.1. The molecular weight excluding hydrogens is 285 g/mol. The molecule has 0 spiro atoms. The highest BCUT2D eigenvalue weighted by atomic mass is 79.9. The highest BCUT2D eigenvalue weighted by molar-refractivity contribution is 9.10. The zero-order chi connectivity index (χ0) is 12.4. The van der Waals surface area contributed by atoms with Crippen LogP contribution in [0.15, 0.2) is 35.1 Å². The molecule has 1 heterocycles. The maximum Gasteiger partial charge on any atom is 0.207 e. The van der Waals surface area contributed by atoms with Crippen LogP contribution in [0.5, 0.6) is 0 Å². The average Bonchev–Trinajstić information content (AvgIpc) is 2.70. The van der Waals surface area contributed by atoms with E-state index in [9.17, 15) is 4.39 Å². The Balaban J connectivity index is 2.28. The number of benzene rings is 1. The number of hydrogen-bond acceptors (Lipinski definition) is 2. The number of halogens is 2. The Bertz CT molecular complexity index is 522. The third kappa shape index (κ3) is 2.66. The molecule has 0 amide bonds. The number of rotatable bonds is 3. The summed E-state index contributed by atoms with van der Waals surface area (Å²) in [6.45, 7) is 4.15. The molecule has 90 valence electrons. The van der Waals surface area contributed by atoms with E-state index >= 15 is 0 Å². The number of nitrogens with one attached hydrogen (secondary N) is 1. The summed E-state index contributed by atoms with van der Waals surface area (Å²) in [6.07, 6.45) is 3.64. The van der Waals surface area contributed by atoms with Crippen molar-refractivity contribution in [1.82, 2.24) is 9.55 Å². The molecule has 0 fully saturated rings. The minimum atomic E-state index is -0.269. The predicted octanol–water partition coefficient (Wildman–Crippen LogP) is 4.11. The molecule has 0 radical (unpaired) electrons. The molecule has 0 aliphatic heterocycles. The lowest BCUT2D eigenvalue weighted by atomic mass is 10.3. The van der Waals surface area contributed by atoms with Gasteiger partial charge < -0.3 is 9.88 Å². The Hall–Kier alpha value is -1.36. The molecule has 17 heavy (non-hydrogen) atoms. The van der Waals surface area contributed by atoms with Crippen LogP contribution in [0.25, 0.3) is 0 Å². The SMILES string of the molecule is CC(C)n1ccnc1Nc1ccc(F)cc1Br. The Morgan fingerprint density at radius 2 is 2.18 bits per heavy atom. The second-order valence-corrected chi connectivity index (χ2v) is 4.86. The molecule has 0 atom stereocenters. The maximum absolute atomic E-state index is 13.0. The minimum Gasteiger partial charge on any atom is -0.325 e. The lowest BCUT2D eigenvalue weighted by Gasteiger charge is -2.13. The van der Waals surface area contributed by atoms with Gasteiger partial charge in [0.05, 0.1) is 5.69 Å². The average molecular weight is 298 g/mol. The summed E-state index contributed by atoms with van der Waals surface area (Å²) in [4.78, 5) is 4.23. The van der Waals surface area contributed by atoms with Gasteiger partial charge >= 0.3 is 0 Å². The zero-order valence-corrected chi connectivity index (χ0v) is 11.2. The van der Waals surface area contributed by atoms with Gasteiger partial charge in [-0.2, -0.15) is 0 Å². The third-order valence-corrected chi connectivity index (χ3v) is 3.06. The molecule has 0 aliphatic carbocycles. The highest BCUT2D eigenvalue weighted by Gasteiger charge is 2.08. The molecule has 1 N–H and O–H groups in total. The van der Waals surface area contributed by atoms with Crippen molar-refractivity contribution in [3.05, 3.63) is 40.9 Å². The summed E-state index contributed by atoms with van der Waals surface area (Å²) in [5.74, 6) is 0.474. The normalized spacial score (nSPS) is 10.9. The van der Waals surface area contributed by atoms with Gasteiger partial charge in [-0.3, -0.25) is 0 Å². The Morgan fingerprint density at radius 1 is 1.41 bits per heavy atom. The smallest absolute Gasteiger partial charge is 0.207 e.